The lowest BCUT2D eigenvalue weighted by molar-refractivity contribution is -0.0321. The third kappa shape index (κ3) is 3.47. The van der Waals surface area contributed by atoms with Crippen molar-refractivity contribution in [1.29, 1.82) is 0 Å². The predicted molar refractivity (Wildman–Crippen MR) is 121 cm³/mol. The summed E-state index contributed by atoms with van der Waals surface area (Å²) in [5.41, 5.74) is 3.30. The molecule has 1 aliphatic rings. The van der Waals surface area contributed by atoms with Gasteiger partial charge in [-0.1, -0.05) is 36.4 Å². The third-order valence-electron chi connectivity index (χ3n) is 5.67. The first-order chi connectivity index (χ1) is 14.7. The van der Waals surface area contributed by atoms with E-state index in [-0.39, 0.29) is 12.0 Å². The average Bonchev–Trinajstić information content (AvgIpc) is 3.19. The van der Waals surface area contributed by atoms with Crippen molar-refractivity contribution in [2.45, 2.75) is 12.6 Å². The van der Waals surface area contributed by atoms with Gasteiger partial charge in [0.1, 0.15) is 0 Å². The van der Waals surface area contributed by atoms with Gasteiger partial charge in [0.15, 0.2) is 0 Å². The molecule has 3 heterocycles. The molecule has 6 heteroatoms. The van der Waals surface area contributed by atoms with E-state index < -0.39 is 0 Å². The number of ether oxygens (including phenoxy) is 1. The number of benzene rings is 2. The van der Waals surface area contributed by atoms with E-state index in [1.807, 2.05) is 30.5 Å². The van der Waals surface area contributed by atoms with Crippen LogP contribution in [0.15, 0.2) is 60.8 Å². The molecule has 1 atom stereocenters. The van der Waals surface area contributed by atoms with Gasteiger partial charge in [-0.25, -0.2) is 0 Å². The lowest BCUT2D eigenvalue weighted by Gasteiger charge is -2.33. The third-order valence-corrected chi connectivity index (χ3v) is 6.86. The van der Waals surface area contributed by atoms with Gasteiger partial charge >= 0.3 is 0 Å². The number of nitrogens with zero attached hydrogens (tertiary/aromatic N) is 2. The van der Waals surface area contributed by atoms with Gasteiger partial charge in [0, 0.05) is 48.5 Å². The molecule has 152 valence electrons. The van der Waals surface area contributed by atoms with E-state index in [0.717, 1.165) is 45.7 Å². The molecule has 0 bridgehead atoms. The molecule has 1 aliphatic heterocycles. The predicted octanol–water partition coefficient (Wildman–Crippen LogP) is 4.38. The van der Waals surface area contributed by atoms with Gasteiger partial charge in [-0.2, -0.15) is 0 Å². The van der Waals surface area contributed by atoms with Crippen molar-refractivity contribution in [2.24, 2.45) is 0 Å². The summed E-state index contributed by atoms with van der Waals surface area (Å²) in [6.45, 7) is 3.09. The van der Waals surface area contributed by atoms with E-state index in [1.54, 1.807) is 7.05 Å². The lowest BCUT2D eigenvalue weighted by Crippen LogP contribution is -2.38. The first-order valence-corrected chi connectivity index (χ1v) is 11.0. The van der Waals surface area contributed by atoms with E-state index in [9.17, 15) is 4.79 Å². The zero-order valence-corrected chi connectivity index (χ0v) is 17.6. The number of carbonyl (C=O) groups excluding carboxylic acids is 1. The summed E-state index contributed by atoms with van der Waals surface area (Å²) < 4.78 is 7.31. The minimum Gasteiger partial charge on any atom is -0.371 e. The van der Waals surface area contributed by atoms with Crippen LogP contribution in [0, 0.1) is 0 Å². The number of amides is 1. The van der Waals surface area contributed by atoms with E-state index >= 15 is 0 Å². The van der Waals surface area contributed by atoms with Crippen molar-refractivity contribution in [3.05, 3.63) is 76.8 Å². The van der Waals surface area contributed by atoms with Crippen LogP contribution in [0.3, 0.4) is 0 Å². The number of pyridine rings is 1. The van der Waals surface area contributed by atoms with Gasteiger partial charge in [-0.05, 0) is 29.1 Å². The van der Waals surface area contributed by atoms with Crippen molar-refractivity contribution in [2.75, 3.05) is 26.7 Å². The largest absolute Gasteiger partial charge is 0.371 e. The standard InChI is InChI=1S/C24H23N3O2S/c1-25-24(28)23-22(18-7-3-5-9-21(18)30-23)20-15-27(12-13-29-20)14-16-10-11-26-19-8-4-2-6-17(16)19/h2-11,20H,12-15H2,1H3,(H,25,28)/t20-/m0/s1. The molecule has 30 heavy (non-hydrogen) atoms. The van der Waals surface area contributed by atoms with E-state index in [1.165, 1.54) is 22.3 Å². The van der Waals surface area contributed by atoms with Crippen LogP contribution in [0.1, 0.15) is 26.9 Å². The quantitative estimate of drug-likeness (QED) is 0.535. The van der Waals surface area contributed by atoms with Crippen molar-refractivity contribution in [3.8, 4) is 0 Å². The summed E-state index contributed by atoms with van der Waals surface area (Å²) >= 11 is 1.54. The molecule has 0 radical (unpaired) electrons. The fraction of sp³-hybridized carbons (Fsp3) is 0.250. The summed E-state index contributed by atoms with van der Waals surface area (Å²) in [5.74, 6) is -0.0490. The lowest BCUT2D eigenvalue weighted by atomic mass is 10.0. The second-order valence-electron chi connectivity index (χ2n) is 7.50. The van der Waals surface area contributed by atoms with Crippen LogP contribution in [0.25, 0.3) is 21.0 Å². The molecule has 0 saturated carbocycles. The number of morpholine rings is 1. The second kappa shape index (κ2) is 8.14. The van der Waals surface area contributed by atoms with Gasteiger partial charge in [-0.3, -0.25) is 14.7 Å². The van der Waals surface area contributed by atoms with Gasteiger partial charge in [0.25, 0.3) is 5.91 Å². The fourth-order valence-electron chi connectivity index (χ4n) is 4.22. The van der Waals surface area contributed by atoms with E-state index in [2.05, 4.69) is 45.5 Å². The highest BCUT2D eigenvalue weighted by Crippen LogP contribution is 2.38. The minimum absolute atomic E-state index is 0.0490. The monoisotopic (exact) mass is 417 g/mol. The molecule has 2 aromatic carbocycles. The summed E-state index contributed by atoms with van der Waals surface area (Å²) in [4.78, 5) is 20.2. The molecule has 0 spiro atoms. The van der Waals surface area contributed by atoms with Crippen LogP contribution < -0.4 is 5.32 Å². The number of rotatable bonds is 4. The SMILES string of the molecule is CNC(=O)c1sc2ccccc2c1[C@@H]1CN(Cc2ccnc3ccccc23)CCO1. The van der Waals surface area contributed by atoms with Gasteiger partial charge < -0.3 is 10.1 Å². The maximum atomic E-state index is 12.6. The Kier molecular flexibility index (Phi) is 5.21. The van der Waals surface area contributed by atoms with E-state index in [4.69, 9.17) is 4.74 Å². The van der Waals surface area contributed by atoms with Crippen molar-refractivity contribution >= 4 is 38.2 Å². The molecular weight excluding hydrogens is 394 g/mol. The molecule has 1 saturated heterocycles. The zero-order valence-electron chi connectivity index (χ0n) is 16.8. The van der Waals surface area contributed by atoms with Crippen LogP contribution in [0.4, 0.5) is 0 Å². The molecule has 0 unspecified atom stereocenters. The van der Waals surface area contributed by atoms with Crippen LogP contribution in [-0.4, -0.2) is 42.5 Å². The van der Waals surface area contributed by atoms with E-state index in [0.29, 0.717) is 6.61 Å². The van der Waals surface area contributed by atoms with Gasteiger partial charge in [0.05, 0.1) is 23.1 Å². The van der Waals surface area contributed by atoms with Crippen LogP contribution in [0.2, 0.25) is 0 Å². The Balaban J connectivity index is 1.47. The van der Waals surface area contributed by atoms with Crippen LogP contribution in [-0.2, 0) is 11.3 Å². The zero-order chi connectivity index (χ0) is 20.5. The highest BCUT2D eigenvalue weighted by Gasteiger charge is 2.29. The van der Waals surface area contributed by atoms with Crippen molar-refractivity contribution < 1.29 is 9.53 Å². The molecule has 1 amide bonds. The number of hydrogen-bond donors (Lipinski definition) is 1. The highest BCUT2D eigenvalue weighted by molar-refractivity contribution is 7.21. The van der Waals surface area contributed by atoms with Gasteiger partial charge in [-0.15, -0.1) is 11.3 Å². The number of aromatic nitrogens is 1. The number of hydrogen-bond acceptors (Lipinski definition) is 5. The molecule has 1 fully saturated rings. The maximum Gasteiger partial charge on any atom is 0.261 e. The first kappa shape index (κ1) is 19.2. The molecule has 1 N–H and O–H groups in total. The maximum absolute atomic E-state index is 12.6. The fourth-order valence-corrected chi connectivity index (χ4v) is 5.42. The smallest absolute Gasteiger partial charge is 0.261 e. The summed E-state index contributed by atoms with van der Waals surface area (Å²) in [6, 6.07) is 18.6. The van der Waals surface area contributed by atoms with Crippen LogP contribution >= 0.6 is 11.3 Å². The topological polar surface area (TPSA) is 54.5 Å². The summed E-state index contributed by atoms with van der Waals surface area (Å²) in [5, 5.41) is 5.09. The van der Waals surface area contributed by atoms with Gasteiger partial charge in [0.2, 0.25) is 0 Å². The normalized spacial score (nSPS) is 17.4. The Morgan fingerprint density at radius 2 is 1.97 bits per heavy atom. The van der Waals surface area contributed by atoms with Crippen LogP contribution in [0.5, 0.6) is 0 Å². The molecule has 5 rings (SSSR count). The Morgan fingerprint density at radius 1 is 1.17 bits per heavy atom. The highest BCUT2D eigenvalue weighted by atomic mass is 32.1. The Morgan fingerprint density at radius 3 is 2.83 bits per heavy atom. The number of nitrogens with one attached hydrogen (secondary N) is 1. The Bertz CT molecular complexity index is 1210. The average molecular weight is 418 g/mol. The molecule has 2 aromatic heterocycles. The number of carbonyl (C=O) groups is 1. The summed E-state index contributed by atoms with van der Waals surface area (Å²) in [6.07, 6.45) is 1.75. The minimum atomic E-state index is -0.129. The number of thiophene rings is 1. The van der Waals surface area contributed by atoms with Crippen molar-refractivity contribution in [3.63, 3.8) is 0 Å². The molecular formula is C24H23N3O2S. The Hall–Kier alpha value is -2.80. The second-order valence-corrected chi connectivity index (χ2v) is 8.55. The molecule has 0 aliphatic carbocycles. The molecule has 4 aromatic rings. The summed E-state index contributed by atoms with van der Waals surface area (Å²) in [7, 11) is 1.68. The number of fused-ring (bicyclic) bond motifs is 2. The molecule has 5 nitrogen and oxygen atoms in total. The number of para-hydroxylation sites is 1. The van der Waals surface area contributed by atoms with Crippen molar-refractivity contribution in [1.82, 2.24) is 15.2 Å². The first-order valence-electron chi connectivity index (χ1n) is 10.1. The Labute approximate surface area is 179 Å².